The number of aliphatic imine (C=N–C) groups is 1. The summed E-state index contributed by atoms with van der Waals surface area (Å²) < 4.78 is 42.0. The van der Waals surface area contributed by atoms with Crippen molar-refractivity contribution >= 4 is 29.1 Å². The number of carbonyl (C=O) groups is 3. The van der Waals surface area contributed by atoms with E-state index in [9.17, 15) is 27.6 Å². The molecule has 0 spiro atoms. The number of hydrogen-bond acceptors (Lipinski definition) is 4. The first-order chi connectivity index (χ1) is 18.5. The molecular formula is C29H29F3N4O3. The van der Waals surface area contributed by atoms with Crippen molar-refractivity contribution in [1.82, 2.24) is 4.90 Å². The van der Waals surface area contributed by atoms with Gasteiger partial charge in [0.1, 0.15) is 0 Å². The zero-order valence-corrected chi connectivity index (χ0v) is 21.4. The van der Waals surface area contributed by atoms with Gasteiger partial charge >= 0.3 is 6.18 Å². The Labute approximate surface area is 224 Å². The summed E-state index contributed by atoms with van der Waals surface area (Å²) in [5, 5.41) is 2.73. The largest absolute Gasteiger partial charge is 0.417 e. The van der Waals surface area contributed by atoms with E-state index >= 15 is 0 Å². The Balaban J connectivity index is 1.60. The van der Waals surface area contributed by atoms with E-state index in [1.807, 2.05) is 12.2 Å². The smallest absolute Gasteiger partial charge is 0.369 e. The van der Waals surface area contributed by atoms with Gasteiger partial charge < -0.3 is 16.0 Å². The Bertz CT molecular complexity index is 1370. The minimum Gasteiger partial charge on any atom is -0.369 e. The van der Waals surface area contributed by atoms with Crippen molar-refractivity contribution in [1.29, 1.82) is 0 Å². The van der Waals surface area contributed by atoms with Gasteiger partial charge in [-0.1, -0.05) is 61.4 Å². The van der Waals surface area contributed by atoms with Crippen LogP contribution >= 0.6 is 0 Å². The van der Waals surface area contributed by atoms with Crippen LogP contribution in [0.5, 0.6) is 0 Å². The molecule has 0 radical (unpaired) electrons. The number of primary amides is 1. The molecule has 10 heteroatoms. The van der Waals surface area contributed by atoms with Gasteiger partial charge in [-0.25, -0.2) is 4.99 Å². The van der Waals surface area contributed by atoms with Crippen molar-refractivity contribution < 1.29 is 27.6 Å². The average molecular weight is 539 g/mol. The van der Waals surface area contributed by atoms with Crippen molar-refractivity contribution in [3.63, 3.8) is 0 Å². The van der Waals surface area contributed by atoms with Gasteiger partial charge in [-0.2, -0.15) is 13.2 Å². The maximum atomic E-state index is 14.1. The average Bonchev–Trinajstić information content (AvgIpc) is 3.62. The van der Waals surface area contributed by atoms with E-state index in [4.69, 9.17) is 5.73 Å². The molecule has 5 rings (SSSR count). The molecule has 204 valence electrons. The number of halogens is 3. The van der Waals surface area contributed by atoms with Crippen LogP contribution in [-0.2, 0) is 20.6 Å². The summed E-state index contributed by atoms with van der Waals surface area (Å²) in [6.07, 6.45) is 0.460. The second-order valence-electron chi connectivity index (χ2n) is 10.5. The molecule has 1 saturated carbocycles. The monoisotopic (exact) mass is 538 g/mol. The quantitative estimate of drug-likeness (QED) is 0.507. The third kappa shape index (κ3) is 4.95. The molecule has 1 heterocycles. The number of hydrogen-bond donors (Lipinski definition) is 2. The fourth-order valence-electron chi connectivity index (χ4n) is 5.60. The van der Waals surface area contributed by atoms with Crippen LogP contribution in [0.2, 0.25) is 0 Å². The van der Waals surface area contributed by atoms with Crippen molar-refractivity contribution in [2.75, 3.05) is 12.4 Å². The lowest BCUT2D eigenvalue weighted by Crippen LogP contribution is -2.52. The first kappa shape index (κ1) is 26.6. The van der Waals surface area contributed by atoms with E-state index in [1.54, 1.807) is 24.3 Å². The van der Waals surface area contributed by atoms with Crippen LogP contribution in [0, 0.1) is 17.3 Å². The van der Waals surface area contributed by atoms with E-state index < -0.39 is 47.0 Å². The van der Waals surface area contributed by atoms with Gasteiger partial charge in [0.2, 0.25) is 18.0 Å². The van der Waals surface area contributed by atoms with E-state index in [2.05, 4.69) is 10.3 Å². The summed E-state index contributed by atoms with van der Waals surface area (Å²) in [6.45, 7) is 0. The Hall–Kier alpha value is -3.95. The number of nitrogens with one attached hydrogen (secondary N) is 1. The highest BCUT2D eigenvalue weighted by molar-refractivity contribution is 6.20. The number of benzene rings is 2. The standard InChI is InChI=1S/C29H29F3N4O3/c1-36(26(38)21(16-17-12-13-17)28(27(33)39)14-6-7-15-28)24-25(37)34-22-11-5-3-9-19(22)23(35-24)18-8-2-4-10-20(18)29(30,31)32/h2-11,17,21,24H,12-16H2,1H3,(H2,33,39)(H,34,37). The number of amides is 3. The van der Waals surface area contributed by atoms with E-state index in [1.165, 1.54) is 25.2 Å². The number of carbonyl (C=O) groups excluding carboxylic acids is 3. The summed E-state index contributed by atoms with van der Waals surface area (Å²) in [7, 11) is 1.40. The number of para-hydroxylation sites is 1. The number of benzodiazepines with no additional fused rings is 1. The molecule has 39 heavy (non-hydrogen) atoms. The second kappa shape index (κ2) is 9.98. The third-order valence-electron chi connectivity index (χ3n) is 7.98. The summed E-state index contributed by atoms with van der Waals surface area (Å²) in [5.41, 5.74) is 4.14. The summed E-state index contributed by atoms with van der Waals surface area (Å²) >= 11 is 0. The summed E-state index contributed by atoms with van der Waals surface area (Å²) in [5.74, 6) is -2.25. The first-order valence-electron chi connectivity index (χ1n) is 12.9. The zero-order valence-electron chi connectivity index (χ0n) is 21.4. The number of rotatable bonds is 7. The topological polar surface area (TPSA) is 105 Å². The van der Waals surface area contributed by atoms with Gasteiger partial charge in [0, 0.05) is 18.2 Å². The van der Waals surface area contributed by atoms with Gasteiger partial charge in [-0.05, 0) is 37.3 Å². The molecule has 0 bridgehead atoms. The normalized spacial score (nSPS) is 20.9. The Kier molecular flexibility index (Phi) is 6.82. The molecule has 7 nitrogen and oxygen atoms in total. The predicted octanol–water partition coefficient (Wildman–Crippen LogP) is 4.52. The van der Waals surface area contributed by atoms with Crippen LogP contribution in [0.25, 0.3) is 0 Å². The minimum absolute atomic E-state index is 0.0626. The van der Waals surface area contributed by atoms with Crippen molar-refractivity contribution in [2.24, 2.45) is 28.0 Å². The van der Waals surface area contributed by atoms with Crippen LogP contribution < -0.4 is 11.1 Å². The maximum Gasteiger partial charge on any atom is 0.417 e. The fourth-order valence-corrected chi connectivity index (χ4v) is 5.60. The Morgan fingerprint density at radius 3 is 2.31 bits per heavy atom. The number of fused-ring (bicyclic) bond motifs is 1. The predicted molar refractivity (Wildman–Crippen MR) is 140 cm³/mol. The van der Waals surface area contributed by atoms with Crippen molar-refractivity contribution in [3.05, 3.63) is 77.4 Å². The molecule has 2 unspecified atom stereocenters. The molecule has 2 aromatic rings. The van der Waals surface area contributed by atoms with E-state index in [-0.39, 0.29) is 22.9 Å². The van der Waals surface area contributed by atoms with Crippen LogP contribution in [-0.4, -0.2) is 41.5 Å². The van der Waals surface area contributed by atoms with Crippen molar-refractivity contribution in [2.45, 2.75) is 44.4 Å². The van der Waals surface area contributed by atoms with Gasteiger partial charge in [0.25, 0.3) is 5.91 Å². The number of allylic oxidation sites excluding steroid dienone is 2. The maximum absolute atomic E-state index is 14.1. The van der Waals surface area contributed by atoms with E-state index in [0.717, 1.165) is 23.8 Å². The second-order valence-corrected chi connectivity index (χ2v) is 10.5. The van der Waals surface area contributed by atoms with E-state index in [0.29, 0.717) is 24.8 Å². The molecule has 2 aromatic carbocycles. The first-order valence-corrected chi connectivity index (χ1v) is 12.9. The van der Waals surface area contributed by atoms with Crippen LogP contribution in [0.4, 0.5) is 18.9 Å². The minimum atomic E-state index is -4.67. The zero-order chi connectivity index (χ0) is 27.9. The van der Waals surface area contributed by atoms with Gasteiger partial charge in [-0.15, -0.1) is 0 Å². The van der Waals surface area contributed by atoms with Crippen LogP contribution in [0.15, 0.2) is 65.7 Å². The molecule has 2 atom stereocenters. The molecule has 0 aromatic heterocycles. The number of likely N-dealkylation sites (N-methyl/N-ethyl adjacent to an activating group) is 1. The molecule has 2 aliphatic carbocycles. The molecule has 3 aliphatic rings. The highest BCUT2D eigenvalue weighted by Gasteiger charge is 2.51. The lowest BCUT2D eigenvalue weighted by molar-refractivity contribution is -0.149. The number of nitrogens with two attached hydrogens (primary N) is 1. The lowest BCUT2D eigenvalue weighted by atomic mass is 9.69. The Morgan fingerprint density at radius 2 is 1.69 bits per heavy atom. The number of anilines is 1. The molecule has 3 amide bonds. The van der Waals surface area contributed by atoms with Gasteiger partial charge in [-0.3, -0.25) is 14.4 Å². The molecule has 1 fully saturated rings. The van der Waals surface area contributed by atoms with Crippen LogP contribution in [0.1, 0.15) is 48.8 Å². The molecule has 1 aliphatic heterocycles. The fraction of sp³-hybridized carbons (Fsp3) is 0.379. The number of nitrogens with zero attached hydrogens (tertiary/aromatic N) is 2. The van der Waals surface area contributed by atoms with Crippen LogP contribution in [0.3, 0.4) is 0 Å². The van der Waals surface area contributed by atoms with Crippen molar-refractivity contribution in [3.8, 4) is 0 Å². The summed E-state index contributed by atoms with van der Waals surface area (Å²) in [4.78, 5) is 45.9. The SMILES string of the molecule is CN(C(=O)C(CC1CC1)C1(C(N)=O)CC=CC1)C1N=C(c2ccccc2C(F)(F)F)c2ccccc2NC1=O. The summed E-state index contributed by atoms with van der Waals surface area (Å²) in [6, 6.07) is 11.5. The molecular weight excluding hydrogens is 509 g/mol. The highest BCUT2D eigenvalue weighted by atomic mass is 19.4. The molecule has 0 saturated heterocycles. The number of alkyl halides is 3. The molecule has 3 N–H and O–H groups in total. The van der Waals surface area contributed by atoms with Gasteiger partial charge in [0.05, 0.1) is 28.3 Å². The highest BCUT2D eigenvalue weighted by Crippen LogP contribution is 2.48. The third-order valence-corrected chi connectivity index (χ3v) is 7.98. The Morgan fingerprint density at radius 1 is 1.08 bits per heavy atom. The van der Waals surface area contributed by atoms with Gasteiger partial charge in [0.15, 0.2) is 0 Å². The lowest BCUT2D eigenvalue weighted by Gasteiger charge is -2.37.